The number of methoxy groups -OCH3 is 1. The Morgan fingerprint density at radius 1 is 1.27 bits per heavy atom. The lowest BCUT2D eigenvalue weighted by Crippen LogP contribution is -2.42. The van der Waals surface area contributed by atoms with Crippen LogP contribution in [-0.4, -0.2) is 66.4 Å². The summed E-state index contributed by atoms with van der Waals surface area (Å²) in [6, 6.07) is 5.69. The monoisotopic (exact) mass is 423 g/mol. The Morgan fingerprint density at radius 2 is 1.93 bits per heavy atom. The summed E-state index contributed by atoms with van der Waals surface area (Å²) >= 11 is 0. The Labute approximate surface area is 175 Å². The van der Waals surface area contributed by atoms with Gasteiger partial charge in [-0.15, -0.1) is 0 Å². The fourth-order valence-corrected chi connectivity index (χ4v) is 3.15. The average Bonchev–Trinajstić information content (AvgIpc) is 3.07. The van der Waals surface area contributed by atoms with Crippen molar-refractivity contribution in [2.75, 3.05) is 26.7 Å². The summed E-state index contributed by atoms with van der Waals surface area (Å²) in [7, 11) is 1.34. The first-order valence-corrected chi connectivity index (χ1v) is 9.72. The van der Waals surface area contributed by atoms with E-state index in [9.17, 15) is 19.7 Å². The van der Waals surface area contributed by atoms with E-state index in [0.29, 0.717) is 26.1 Å². The molecule has 0 bridgehead atoms. The SMILES string of the molecule is COC(=O)[C@@H]1C[C@H](OCc2ccc([N+](=O)[O-])cc2)CN1CCNC(=O)OC(C)(C)C. The van der Waals surface area contributed by atoms with Crippen LogP contribution in [0.3, 0.4) is 0 Å². The maximum absolute atomic E-state index is 12.1. The number of ether oxygens (including phenoxy) is 3. The van der Waals surface area contributed by atoms with Crippen molar-refractivity contribution in [2.24, 2.45) is 0 Å². The number of carbonyl (C=O) groups is 2. The predicted molar refractivity (Wildman–Crippen MR) is 108 cm³/mol. The summed E-state index contributed by atoms with van der Waals surface area (Å²) in [6.07, 6.45) is -0.250. The van der Waals surface area contributed by atoms with Gasteiger partial charge in [-0.1, -0.05) is 0 Å². The van der Waals surface area contributed by atoms with E-state index >= 15 is 0 Å². The standard InChI is InChI=1S/C20H29N3O7/c1-20(2,3)30-19(25)21-9-10-22-12-16(11-17(22)18(24)28-4)29-13-14-5-7-15(8-6-14)23(26)27/h5-8,16-17H,9-13H2,1-4H3,(H,21,25)/t16-,17-/m0/s1. The van der Waals surface area contributed by atoms with Gasteiger partial charge in [-0.05, 0) is 38.5 Å². The number of amides is 1. The number of likely N-dealkylation sites (tertiary alicyclic amines) is 1. The van der Waals surface area contributed by atoms with Crippen LogP contribution >= 0.6 is 0 Å². The number of nitrogens with one attached hydrogen (secondary N) is 1. The molecule has 1 aromatic carbocycles. The lowest BCUT2D eigenvalue weighted by Gasteiger charge is -2.23. The molecule has 1 N–H and O–H groups in total. The quantitative estimate of drug-likeness (QED) is 0.384. The van der Waals surface area contributed by atoms with Crippen molar-refractivity contribution >= 4 is 17.7 Å². The molecule has 0 spiro atoms. The van der Waals surface area contributed by atoms with Gasteiger partial charge in [0.1, 0.15) is 11.6 Å². The molecule has 1 heterocycles. The second-order valence-electron chi connectivity index (χ2n) is 8.05. The number of nitro groups is 1. The minimum Gasteiger partial charge on any atom is -0.468 e. The number of hydrogen-bond acceptors (Lipinski definition) is 8. The topological polar surface area (TPSA) is 120 Å². The van der Waals surface area contributed by atoms with E-state index in [2.05, 4.69) is 5.32 Å². The summed E-state index contributed by atoms with van der Waals surface area (Å²) in [5, 5.41) is 13.4. The minimum absolute atomic E-state index is 0.0223. The van der Waals surface area contributed by atoms with Crippen molar-refractivity contribution in [3.8, 4) is 0 Å². The molecule has 0 unspecified atom stereocenters. The molecule has 2 atom stereocenters. The van der Waals surface area contributed by atoms with Crippen LogP contribution in [0.15, 0.2) is 24.3 Å². The van der Waals surface area contributed by atoms with E-state index in [4.69, 9.17) is 14.2 Å². The Morgan fingerprint density at radius 3 is 2.50 bits per heavy atom. The molecule has 0 radical (unpaired) electrons. The van der Waals surface area contributed by atoms with Gasteiger partial charge in [0.25, 0.3) is 5.69 Å². The van der Waals surface area contributed by atoms with Crippen LogP contribution in [0.5, 0.6) is 0 Å². The third kappa shape index (κ3) is 7.27. The lowest BCUT2D eigenvalue weighted by molar-refractivity contribution is -0.384. The van der Waals surface area contributed by atoms with Crippen molar-refractivity contribution < 1.29 is 28.7 Å². The van der Waals surface area contributed by atoms with Crippen molar-refractivity contribution in [3.05, 3.63) is 39.9 Å². The number of benzene rings is 1. The third-order valence-corrected chi connectivity index (χ3v) is 4.54. The highest BCUT2D eigenvalue weighted by Crippen LogP contribution is 2.22. The molecule has 10 nitrogen and oxygen atoms in total. The highest BCUT2D eigenvalue weighted by Gasteiger charge is 2.37. The molecular formula is C20H29N3O7. The fourth-order valence-electron chi connectivity index (χ4n) is 3.15. The van der Waals surface area contributed by atoms with E-state index in [1.54, 1.807) is 32.9 Å². The number of esters is 1. The zero-order valence-electron chi connectivity index (χ0n) is 17.8. The summed E-state index contributed by atoms with van der Waals surface area (Å²) in [4.78, 5) is 36.1. The van der Waals surface area contributed by atoms with Gasteiger partial charge in [-0.3, -0.25) is 19.8 Å². The van der Waals surface area contributed by atoms with Gasteiger partial charge in [-0.25, -0.2) is 4.79 Å². The van der Waals surface area contributed by atoms with Gasteiger partial charge in [-0.2, -0.15) is 0 Å². The van der Waals surface area contributed by atoms with Crippen molar-refractivity contribution in [3.63, 3.8) is 0 Å². The molecule has 1 saturated heterocycles. The molecule has 0 saturated carbocycles. The molecule has 1 aromatic rings. The largest absolute Gasteiger partial charge is 0.468 e. The van der Waals surface area contributed by atoms with Crippen molar-refractivity contribution in [1.29, 1.82) is 0 Å². The molecule has 0 aliphatic carbocycles. The molecule has 30 heavy (non-hydrogen) atoms. The minimum atomic E-state index is -0.580. The second kappa shape index (κ2) is 10.4. The molecule has 1 aliphatic rings. The summed E-state index contributed by atoms with van der Waals surface area (Å²) < 4.78 is 16.0. The third-order valence-electron chi connectivity index (χ3n) is 4.54. The van der Waals surface area contributed by atoms with Crippen LogP contribution in [0.2, 0.25) is 0 Å². The first kappa shape index (κ1) is 23.6. The normalized spacial score (nSPS) is 19.3. The van der Waals surface area contributed by atoms with Gasteiger partial charge < -0.3 is 19.5 Å². The van der Waals surface area contributed by atoms with Gasteiger partial charge in [0.2, 0.25) is 0 Å². The number of carbonyl (C=O) groups excluding carboxylic acids is 2. The van der Waals surface area contributed by atoms with E-state index < -0.39 is 22.7 Å². The van der Waals surface area contributed by atoms with Gasteiger partial charge in [0.05, 0.1) is 24.7 Å². The smallest absolute Gasteiger partial charge is 0.407 e. The lowest BCUT2D eigenvalue weighted by atomic mass is 10.2. The Kier molecular flexibility index (Phi) is 8.13. The number of hydrogen-bond donors (Lipinski definition) is 1. The van der Waals surface area contributed by atoms with Crippen LogP contribution in [-0.2, 0) is 25.6 Å². The van der Waals surface area contributed by atoms with Gasteiger partial charge >= 0.3 is 12.1 Å². The summed E-state index contributed by atoms with van der Waals surface area (Å²) in [6.45, 7) is 6.89. The molecule has 10 heteroatoms. The number of nitrogens with zero attached hydrogens (tertiary/aromatic N) is 2. The number of nitro benzene ring substituents is 1. The van der Waals surface area contributed by atoms with E-state index in [0.717, 1.165) is 5.56 Å². The highest BCUT2D eigenvalue weighted by molar-refractivity contribution is 5.76. The summed E-state index contributed by atoms with van der Waals surface area (Å²) in [5.41, 5.74) is 0.248. The first-order valence-electron chi connectivity index (χ1n) is 9.72. The fraction of sp³-hybridized carbons (Fsp3) is 0.600. The Bertz CT molecular complexity index is 746. The summed E-state index contributed by atoms with van der Waals surface area (Å²) in [5.74, 6) is -0.353. The molecule has 1 fully saturated rings. The number of alkyl carbamates (subject to hydrolysis) is 1. The predicted octanol–water partition coefficient (Wildman–Crippen LogP) is 2.25. The molecule has 166 valence electrons. The highest BCUT2D eigenvalue weighted by atomic mass is 16.6. The van der Waals surface area contributed by atoms with Gasteiger partial charge in [0.15, 0.2) is 0 Å². The first-order chi connectivity index (χ1) is 14.1. The second-order valence-corrected chi connectivity index (χ2v) is 8.05. The van der Waals surface area contributed by atoms with E-state index in [1.165, 1.54) is 19.2 Å². The maximum Gasteiger partial charge on any atom is 0.407 e. The molecule has 1 amide bonds. The molecule has 0 aromatic heterocycles. The molecular weight excluding hydrogens is 394 g/mol. The van der Waals surface area contributed by atoms with Crippen LogP contribution in [0.25, 0.3) is 0 Å². The zero-order valence-corrected chi connectivity index (χ0v) is 17.8. The van der Waals surface area contributed by atoms with E-state index in [1.807, 2.05) is 4.90 Å². The van der Waals surface area contributed by atoms with Crippen LogP contribution in [0.1, 0.15) is 32.8 Å². The van der Waals surface area contributed by atoms with Crippen LogP contribution < -0.4 is 5.32 Å². The Hall–Kier alpha value is -2.72. The van der Waals surface area contributed by atoms with Gasteiger partial charge in [0, 0.05) is 38.2 Å². The average molecular weight is 423 g/mol. The van der Waals surface area contributed by atoms with Crippen molar-refractivity contribution in [1.82, 2.24) is 10.2 Å². The van der Waals surface area contributed by atoms with Crippen molar-refractivity contribution in [2.45, 2.75) is 51.5 Å². The molecule has 1 aliphatic heterocycles. The molecule has 2 rings (SSSR count). The van der Waals surface area contributed by atoms with E-state index in [-0.39, 0.29) is 24.4 Å². The zero-order chi connectivity index (χ0) is 22.3. The van der Waals surface area contributed by atoms with Crippen LogP contribution in [0.4, 0.5) is 10.5 Å². The number of rotatable bonds is 8. The number of non-ortho nitro benzene ring substituents is 1. The van der Waals surface area contributed by atoms with Crippen LogP contribution in [0, 0.1) is 10.1 Å². The Balaban J connectivity index is 1.86. The maximum atomic E-state index is 12.1.